The topological polar surface area (TPSA) is 12.0 Å². The van der Waals surface area contributed by atoms with Gasteiger partial charge in [0.25, 0.3) is 0 Å². The lowest BCUT2D eigenvalue weighted by Crippen LogP contribution is -2.03. The van der Waals surface area contributed by atoms with E-state index in [1.807, 2.05) is 18.4 Å². The van der Waals surface area contributed by atoms with E-state index in [9.17, 15) is 0 Å². The molecule has 0 saturated heterocycles. The van der Waals surface area contributed by atoms with Gasteiger partial charge in [-0.25, -0.2) is 0 Å². The molecule has 0 amide bonds. The third kappa shape index (κ3) is 1.99. The predicted molar refractivity (Wildman–Crippen MR) is 60.4 cm³/mol. The first-order chi connectivity index (χ1) is 6.40. The van der Waals surface area contributed by atoms with Crippen molar-refractivity contribution in [2.24, 2.45) is 0 Å². The number of hydrogen-bond acceptors (Lipinski definition) is 3. The minimum Gasteiger partial charge on any atom is -0.316 e. The van der Waals surface area contributed by atoms with Crippen molar-refractivity contribution in [3.8, 4) is 10.4 Å². The maximum Gasteiger partial charge on any atom is 0.0354 e. The summed E-state index contributed by atoms with van der Waals surface area (Å²) in [7, 11) is 1.97. The zero-order valence-electron chi connectivity index (χ0n) is 7.41. The number of hydrogen-bond donors (Lipinski definition) is 1. The smallest absolute Gasteiger partial charge is 0.0354 e. The Morgan fingerprint density at radius 1 is 1.38 bits per heavy atom. The van der Waals surface area contributed by atoms with Crippen molar-refractivity contribution in [2.75, 3.05) is 7.05 Å². The molecule has 0 aromatic carbocycles. The molecule has 2 rings (SSSR count). The predicted octanol–water partition coefficient (Wildman–Crippen LogP) is 3.20. The maximum atomic E-state index is 3.15. The van der Waals surface area contributed by atoms with Crippen LogP contribution in [-0.2, 0) is 6.54 Å². The Morgan fingerprint density at radius 2 is 2.31 bits per heavy atom. The summed E-state index contributed by atoms with van der Waals surface area (Å²) in [6, 6.07) is 4.42. The van der Waals surface area contributed by atoms with Crippen molar-refractivity contribution in [1.82, 2.24) is 5.32 Å². The molecule has 0 spiro atoms. The van der Waals surface area contributed by atoms with Crippen LogP contribution in [0.25, 0.3) is 10.4 Å². The summed E-state index contributed by atoms with van der Waals surface area (Å²) >= 11 is 3.56. The van der Waals surface area contributed by atoms with Gasteiger partial charge >= 0.3 is 0 Å². The highest BCUT2D eigenvalue weighted by atomic mass is 32.1. The summed E-state index contributed by atoms with van der Waals surface area (Å²) in [6.07, 6.45) is 0. The number of nitrogens with one attached hydrogen (secondary N) is 1. The molecule has 2 heterocycles. The molecular weight excluding hydrogens is 198 g/mol. The van der Waals surface area contributed by atoms with E-state index in [1.165, 1.54) is 16.0 Å². The monoisotopic (exact) mass is 209 g/mol. The molecule has 0 fully saturated rings. The van der Waals surface area contributed by atoms with E-state index in [2.05, 4.69) is 33.6 Å². The van der Waals surface area contributed by atoms with Gasteiger partial charge in [-0.15, -0.1) is 11.3 Å². The third-order valence-corrected chi connectivity index (χ3v) is 3.55. The zero-order chi connectivity index (χ0) is 9.10. The molecule has 0 radical (unpaired) electrons. The summed E-state index contributed by atoms with van der Waals surface area (Å²) < 4.78 is 0. The minimum absolute atomic E-state index is 0.959. The Labute approximate surface area is 86.0 Å². The summed E-state index contributed by atoms with van der Waals surface area (Å²) in [4.78, 5) is 1.37. The summed E-state index contributed by atoms with van der Waals surface area (Å²) in [5.74, 6) is 0. The van der Waals surface area contributed by atoms with E-state index in [4.69, 9.17) is 0 Å². The lowest BCUT2D eigenvalue weighted by Gasteiger charge is -1.91. The highest BCUT2D eigenvalue weighted by Crippen LogP contribution is 2.28. The standard InChI is InChI=1S/C10H11NS2/c1-11-5-8-4-10(13-6-8)9-2-3-12-7-9/h2-4,6-7,11H,5H2,1H3. The van der Waals surface area contributed by atoms with Gasteiger partial charge in [0.1, 0.15) is 0 Å². The molecule has 68 valence electrons. The zero-order valence-corrected chi connectivity index (χ0v) is 9.04. The van der Waals surface area contributed by atoms with Crippen LogP contribution >= 0.6 is 22.7 Å². The van der Waals surface area contributed by atoms with Crippen LogP contribution in [0.3, 0.4) is 0 Å². The van der Waals surface area contributed by atoms with E-state index >= 15 is 0 Å². The van der Waals surface area contributed by atoms with E-state index in [1.54, 1.807) is 11.3 Å². The summed E-state index contributed by atoms with van der Waals surface area (Å²) in [5, 5.41) is 9.67. The molecule has 13 heavy (non-hydrogen) atoms. The highest BCUT2D eigenvalue weighted by Gasteiger charge is 2.01. The lowest BCUT2D eigenvalue weighted by atomic mass is 10.2. The lowest BCUT2D eigenvalue weighted by molar-refractivity contribution is 0.821. The van der Waals surface area contributed by atoms with Gasteiger partial charge in [-0.2, -0.15) is 11.3 Å². The van der Waals surface area contributed by atoms with Crippen LogP contribution < -0.4 is 5.32 Å². The maximum absolute atomic E-state index is 3.15. The second-order valence-corrected chi connectivity index (χ2v) is 4.55. The van der Waals surface area contributed by atoms with Gasteiger partial charge < -0.3 is 5.32 Å². The van der Waals surface area contributed by atoms with E-state index in [0.717, 1.165) is 6.54 Å². The number of rotatable bonds is 3. The van der Waals surface area contributed by atoms with Crippen LogP contribution in [0, 0.1) is 0 Å². The van der Waals surface area contributed by atoms with Gasteiger partial charge in [-0.1, -0.05) is 0 Å². The van der Waals surface area contributed by atoms with Crippen LogP contribution in [0.2, 0.25) is 0 Å². The molecule has 2 aromatic rings. The fourth-order valence-electron chi connectivity index (χ4n) is 1.23. The van der Waals surface area contributed by atoms with Gasteiger partial charge in [-0.3, -0.25) is 0 Å². The van der Waals surface area contributed by atoms with Crippen molar-refractivity contribution in [2.45, 2.75) is 6.54 Å². The Hall–Kier alpha value is -0.640. The Balaban J connectivity index is 2.23. The summed E-state index contributed by atoms with van der Waals surface area (Å²) in [6.45, 7) is 0.959. The second kappa shape index (κ2) is 4.05. The molecule has 1 N–H and O–H groups in total. The minimum atomic E-state index is 0.959. The summed E-state index contributed by atoms with van der Waals surface area (Å²) in [5.41, 5.74) is 2.71. The molecule has 0 saturated carbocycles. The SMILES string of the molecule is CNCc1csc(-c2ccsc2)c1. The quantitative estimate of drug-likeness (QED) is 0.818. The van der Waals surface area contributed by atoms with E-state index in [-0.39, 0.29) is 0 Å². The van der Waals surface area contributed by atoms with Crippen LogP contribution in [-0.4, -0.2) is 7.05 Å². The average molecular weight is 209 g/mol. The second-order valence-electron chi connectivity index (χ2n) is 2.86. The molecular formula is C10H11NS2. The molecule has 0 aliphatic rings. The molecule has 2 aromatic heterocycles. The van der Waals surface area contributed by atoms with Crippen molar-refractivity contribution >= 4 is 22.7 Å². The van der Waals surface area contributed by atoms with Gasteiger partial charge in [0, 0.05) is 17.0 Å². The molecule has 1 nitrogen and oxygen atoms in total. The fraction of sp³-hybridized carbons (Fsp3) is 0.200. The molecule has 0 atom stereocenters. The van der Waals surface area contributed by atoms with Crippen molar-refractivity contribution in [3.05, 3.63) is 33.8 Å². The van der Waals surface area contributed by atoms with Crippen LogP contribution in [0.4, 0.5) is 0 Å². The van der Waals surface area contributed by atoms with Crippen molar-refractivity contribution in [1.29, 1.82) is 0 Å². The molecule has 0 unspecified atom stereocenters. The van der Waals surface area contributed by atoms with Crippen molar-refractivity contribution < 1.29 is 0 Å². The first-order valence-electron chi connectivity index (χ1n) is 4.15. The van der Waals surface area contributed by atoms with Crippen molar-refractivity contribution in [3.63, 3.8) is 0 Å². The van der Waals surface area contributed by atoms with Crippen LogP contribution in [0.1, 0.15) is 5.56 Å². The normalized spacial score (nSPS) is 10.5. The van der Waals surface area contributed by atoms with E-state index < -0.39 is 0 Å². The van der Waals surface area contributed by atoms with Gasteiger partial charge in [-0.05, 0) is 40.9 Å². The molecule has 3 heteroatoms. The Kier molecular flexibility index (Phi) is 2.78. The largest absolute Gasteiger partial charge is 0.316 e. The van der Waals surface area contributed by atoms with Gasteiger partial charge in [0.2, 0.25) is 0 Å². The van der Waals surface area contributed by atoms with E-state index in [0.29, 0.717) is 0 Å². The first-order valence-corrected chi connectivity index (χ1v) is 5.97. The fourth-order valence-corrected chi connectivity index (χ4v) is 2.87. The van der Waals surface area contributed by atoms with Gasteiger partial charge in [0.15, 0.2) is 0 Å². The first kappa shape index (κ1) is 8.94. The third-order valence-electron chi connectivity index (χ3n) is 1.84. The van der Waals surface area contributed by atoms with Gasteiger partial charge in [0.05, 0.1) is 0 Å². The Bertz CT molecular complexity index is 362. The molecule has 0 aliphatic heterocycles. The van der Waals surface area contributed by atoms with Crippen LogP contribution in [0.5, 0.6) is 0 Å². The average Bonchev–Trinajstić information content (AvgIpc) is 2.70. The molecule has 0 bridgehead atoms. The number of thiophene rings is 2. The molecule has 0 aliphatic carbocycles. The van der Waals surface area contributed by atoms with Crippen LogP contribution in [0.15, 0.2) is 28.3 Å². The highest BCUT2D eigenvalue weighted by molar-refractivity contribution is 7.14. The Morgan fingerprint density at radius 3 is 3.00 bits per heavy atom.